The first-order chi connectivity index (χ1) is 3.80. The second kappa shape index (κ2) is 1.96. The van der Waals surface area contributed by atoms with Crippen molar-refractivity contribution in [3.05, 3.63) is 18.4 Å². The number of hydrogen-bond acceptors (Lipinski definition) is 2. The van der Waals surface area contributed by atoms with Crippen LogP contribution in [0.15, 0.2) is 16.9 Å². The lowest BCUT2D eigenvalue weighted by atomic mass is 10.4. The normalized spacial score (nSPS) is 13.8. The topological polar surface area (TPSA) is 49.8 Å². The summed E-state index contributed by atoms with van der Waals surface area (Å²) in [6.45, 7) is 1.71. The maximum atomic E-state index is 7.08. The lowest BCUT2D eigenvalue weighted by Gasteiger charge is -1.92. The lowest BCUT2D eigenvalue weighted by molar-refractivity contribution is 0.458. The average molecular weight is 111 g/mol. The number of rotatable bonds is 1. The minimum atomic E-state index is -0.343. The molecule has 1 rings (SSSR count). The summed E-state index contributed by atoms with van der Waals surface area (Å²) in [6, 6.07) is -0.343. The smallest absolute Gasteiger partial charge is 0.212 e. The highest BCUT2D eigenvalue weighted by atomic mass is 16.3. The molecule has 0 saturated carbocycles. The highest BCUT2D eigenvalue weighted by Gasteiger charge is 2.01. The zero-order chi connectivity index (χ0) is 5.98. The molecule has 0 fully saturated rings. The van der Waals surface area contributed by atoms with Gasteiger partial charge in [0.25, 0.3) is 0 Å². The Morgan fingerprint density at radius 3 is 2.88 bits per heavy atom. The third-order valence-corrected chi connectivity index (χ3v) is 0.822. The fourth-order valence-corrected chi connectivity index (χ4v) is 0.448. The van der Waals surface area contributed by atoms with E-state index < -0.39 is 0 Å². The van der Waals surface area contributed by atoms with Crippen LogP contribution in [0.25, 0.3) is 0 Å². The minimum Gasteiger partial charge on any atom is -0.447 e. The summed E-state index contributed by atoms with van der Waals surface area (Å²) in [5, 5.41) is 0. The third-order valence-electron chi connectivity index (χ3n) is 0.822. The van der Waals surface area contributed by atoms with Crippen molar-refractivity contribution in [2.75, 3.05) is 0 Å². The first-order valence-electron chi connectivity index (χ1n) is 2.41. The molecule has 0 aliphatic rings. The molecule has 0 aliphatic heterocycles. The van der Waals surface area contributed by atoms with E-state index in [4.69, 9.17) is 10.2 Å². The second-order valence-corrected chi connectivity index (χ2v) is 1.59. The zero-order valence-corrected chi connectivity index (χ0v) is 4.59. The van der Waals surface area contributed by atoms with E-state index in [1.807, 2.05) is 0 Å². The van der Waals surface area contributed by atoms with Crippen molar-refractivity contribution in [2.45, 2.75) is 13.0 Å². The van der Waals surface area contributed by atoms with Crippen LogP contribution in [0, 0.1) is 0 Å². The van der Waals surface area contributed by atoms with Gasteiger partial charge in [0.2, 0.25) is 5.89 Å². The first-order valence-corrected chi connectivity index (χ1v) is 2.41. The molecule has 0 bridgehead atoms. The van der Waals surface area contributed by atoms with Crippen molar-refractivity contribution in [1.29, 1.82) is 0 Å². The summed E-state index contributed by atoms with van der Waals surface area (Å²) < 4.78 is 4.80. The molecule has 43 valence electrons. The molecule has 8 heavy (non-hydrogen) atoms. The van der Waals surface area contributed by atoms with Crippen LogP contribution in [0.4, 0.5) is 0 Å². The standard InChI is InChI=1S/C5H7N2O/c1-4(6)5-7-2-3-8-5/h2-4,6H,1H3/t4-/m0/s1. The van der Waals surface area contributed by atoms with Crippen molar-refractivity contribution in [2.24, 2.45) is 0 Å². The number of oxazole rings is 1. The second-order valence-electron chi connectivity index (χ2n) is 1.59. The van der Waals surface area contributed by atoms with E-state index >= 15 is 0 Å². The number of nitrogens with zero attached hydrogens (tertiary/aromatic N) is 1. The van der Waals surface area contributed by atoms with E-state index in [9.17, 15) is 0 Å². The van der Waals surface area contributed by atoms with Gasteiger partial charge >= 0.3 is 0 Å². The molecule has 1 atom stereocenters. The Balaban J connectivity index is 2.77. The Morgan fingerprint density at radius 2 is 2.62 bits per heavy atom. The Kier molecular flexibility index (Phi) is 1.30. The Labute approximate surface area is 47.5 Å². The molecule has 0 aliphatic carbocycles. The van der Waals surface area contributed by atoms with Crippen molar-refractivity contribution in [3.8, 4) is 0 Å². The summed E-state index contributed by atoms with van der Waals surface area (Å²) in [4.78, 5) is 3.76. The van der Waals surface area contributed by atoms with Gasteiger partial charge in [-0.2, -0.15) is 0 Å². The van der Waals surface area contributed by atoms with Crippen LogP contribution in [0.1, 0.15) is 18.9 Å². The van der Waals surface area contributed by atoms with Gasteiger partial charge in [-0.25, -0.2) is 10.7 Å². The summed E-state index contributed by atoms with van der Waals surface area (Å²) in [6.07, 6.45) is 3.01. The molecule has 1 N–H and O–H groups in total. The van der Waals surface area contributed by atoms with Gasteiger partial charge in [-0.15, -0.1) is 0 Å². The van der Waals surface area contributed by atoms with Gasteiger partial charge in [0.1, 0.15) is 6.26 Å². The Morgan fingerprint density at radius 1 is 1.88 bits per heavy atom. The number of nitrogens with one attached hydrogen (secondary N) is 1. The molecule has 1 aromatic heterocycles. The highest BCUT2D eigenvalue weighted by Crippen LogP contribution is 2.05. The predicted molar refractivity (Wildman–Crippen MR) is 28.0 cm³/mol. The van der Waals surface area contributed by atoms with Gasteiger partial charge in [0, 0.05) is 0 Å². The van der Waals surface area contributed by atoms with E-state index in [1.165, 1.54) is 6.26 Å². The maximum Gasteiger partial charge on any atom is 0.212 e. The molecular formula is C5H7N2O. The molecule has 3 nitrogen and oxygen atoms in total. The molecular weight excluding hydrogens is 104 g/mol. The maximum absolute atomic E-state index is 7.08. The van der Waals surface area contributed by atoms with Crippen LogP contribution in [-0.2, 0) is 0 Å². The first kappa shape index (κ1) is 5.31. The van der Waals surface area contributed by atoms with Gasteiger partial charge < -0.3 is 4.42 Å². The van der Waals surface area contributed by atoms with Crippen LogP contribution < -0.4 is 5.73 Å². The van der Waals surface area contributed by atoms with Gasteiger partial charge in [0.05, 0.1) is 12.2 Å². The predicted octanol–water partition coefficient (Wildman–Crippen LogP) is 1.02. The zero-order valence-electron chi connectivity index (χ0n) is 4.59. The number of aromatic nitrogens is 1. The van der Waals surface area contributed by atoms with Crippen LogP contribution in [-0.4, -0.2) is 4.98 Å². The van der Waals surface area contributed by atoms with Gasteiger partial charge in [-0.3, -0.25) is 0 Å². The lowest BCUT2D eigenvalue weighted by Crippen LogP contribution is -1.91. The van der Waals surface area contributed by atoms with Gasteiger partial charge in [0.15, 0.2) is 0 Å². The SMILES string of the molecule is C[C@H]([NH])c1ncco1. The molecule has 1 aromatic rings. The van der Waals surface area contributed by atoms with E-state index in [-0.39, 0.29) is 6.04 Å². The summed E-state index contributed by atoms with van der Waals surface area (Å²) >= 11 is 0. The molecule has 0 unspecified atom stereocenters. The van der Waals surface area contributed by atoms with Crippen LogP contribution in [0.5, 0.6) is 0 Å². The van der Waals surface area contributed by atoms with Crippen LogP contribution in [0.3, 0.4) is 0 Å². The average Bonchev–Trinajstić information content (AvgIpc) is 2.12. The van der Waals surface area contributed by atoms with Crippen LogP contribution in [0.2, 0.25) is 0 Å². The molecule has 0 aromatic carbocycles. The van der Waals surface area contributed by atoms with Crippen molar-refractivity contribution < 1.29 is 4.42 Å². The molecule has 1 heterocycles. The summed E-state index contributed by atoms with van der Waals surface area (Å²) in [5.41, 5.74) is 7.08. The minimum absolute atomic E-state index is 0.343. The fraction of sp³-hybridized carbons (Fsp3) is 0.400. The van der Waals surface area contributed by atoms with Gasteiger partial charge in [-0.05, 0) is 6.92 Å². The Bertz CT molecular complexity index is 145. The third kappa shape index (κ3) is 0.869. The van der Waals surface area contributed by atoms with E-state index in [0.29, 0.717) is 5.89 Å². The molecule has 0 saturated heterocycles. The Hall–Kier alpha value is -0.830. The van der Waals surface area contributed by atoms with E-state index in [0.717, 1.165) is 0 Å². The highest BCUT2D eigenvalue weighted by molar-refractivity contribution is 4.84. The number of hydrogen-bond donors (Lipinski definition) is 0. The van der Waals surface area contributed by atoms with Crippen molar-refractivity contribution >= 4 is 0 Å². The van der Waals surface area contributed by atoms with Crippen molar-refractivity contribution in [3.63, 3.8) is 0 Å². The van der Waals surface area contributed by atoms with E-state index in [1.54, 1.807) is 13.1 Å². The molecule has 0 spiro atoms. The van der Waals surface area contributed by atoms with E-state index in [2.05, 4.69) is 4.98 Å². The van der Waals surface area contributed by atoms with Crippen LogP contribution >= 0.6 is 0 Å². The summed E-state index contributed by atoms with van der Waals surface area (Å²) in [7, 11) is 0. The molecule has 1 radical (unpaired) electrons. The van der Waals surface area contributed by atoms with Gasteiger partial charge in [-0.1, -0.05) is 0 Å². The molecule has 0 amide bonds. The monoisotopic (exact) mass is 111 g/mol. The quantitative estimate of drug-likeness (QED) is 0.543. The largest absolute Gasteiger partial charge is 0.447 e. The summed E-state index contributed by atoms with van der Waals surface area (Å²) in [5.74, 6) is 0.477. The van der Waals surface area contributed by atoms with Crippen molar-refractivity contribution in [1.82, 2.24) is 10.7 Å². The molecule has 3 heteroatoms. The fourth-order valence-electron chi connectivity index (χ4n) is 0.448.